The Labute approximate surface area is 170 Å². The summed E-state index contributed by atoms with van der Waals surface area (Å²) in [5.74, 6) is 0.156. The van der Waals surface area contributed by atoms with Crippen LogP contribution in [0.2, 0.25) is 0 Å². The summed E-state index contributed by atoms with van der Waals surface area (Å²) in [6.45, 7) is 3.75. The number of carbonyl (C=O) groups excluding carboxylic acids is 2. The summed E-state index contributed by atoms with van der Waals surface area (Å²) in [7, 11) is 2.11. The van der Waals surface area contributed by atoms with Gasteiger partial charge in [-0.2, -0.15) is 0 Å². The van der Waals surface area contributed by atoms with E-state index >= 15 is 0 Å². The number of amides is 2. The molecule has 148 valence electrons. The predicted molar refractivity (Wildman–Crippen MR) is 111 cm³/mol. The average Bonchev–Trinajstić information content (AvgIpc) is 3.28. The molecule has 2 aromatic rings. The van der Waals surface area contributed by atoms with Crippen LogP contribution in [0.5, 0.6) is 0 Å². The van der Waals surface area contributed by atoms with Crippen molar-refractivity contribution in [2.24, 2.45) is 5.92 Å². The number of likely N-dealkylation sites (tertiary alicyclic amines) is 1. The maximum atomic E-state index is 13.5. The predicted octanol–water partition coefficient (Wildman–Crippen LogP) is 3.12. The SMILES string of the molecule is CN1CCN(C(=O)[C@@H]2CCCN(C(=O)c3cccs3)C2)[C@H](c2ccccc2)C1. The number of thiophene rings is 1. The van der Waals surface area contributed by atoms with Gasteiger partial charge in [0.1, 0.15) is 0 Å². The molecular formula is C22H27N3O2S. The third kappa shape index (κ3) is 3.98. The van der Waals surface area contributed by atoms with Gasteiger partial charge in [0, 0.05) is 32.7 Å². The highest BCUT2D eigenvalue weighted by Crippen LogP contribution is 2.29. The molecule has 0 bridgehead atoms. The second-order valence-corrected chi connectivity index (χ2v) is 8.74. The lowest BCUT2D eigenvalue weighted by Crippen LogP contribution is -2.53. The second-order valence-electron chi connectivity index (χ2n) is 7.79. The third-order valence-electron chi connectivity index (χ3n) is 5.84. The maximum Gasteiger partial charge on any atom is 0.263 e. The number of benzene rings is 1. The van der Waals surface area contributed by atoms with Gasteiger partial charge < -0.3 is 14.7 Å². The standard InChI is InChI=1S/C22H27N3O2S/c1-23-12-13-25(19(16-23)17-7-3-2-4-8-17)21(26)18-9-5-11-24(15-18)22(27)20-10-6-14-28-20/h2-4,6-8,10,14,18-19H,5,9,11-13,15-16H2,1H3/t18-,19+/m1/s1. The van der Waals surface area contributed by atoms with Crippen molar-refractivity contribution in [2.75, 3.05) is 39.8 Å². The van der Waals surface area contributed by atoms with Crippen LogP contribution in [0.15, 0.2) is 47.8 Å². The molecule has 2 atom stereocenters. The summed E-state index contributed by atoms with van der Waals surface area (Å²) in [5.41, 5.74) is 1.18. The molecule has 1 aromatic heterocycles. The quantitative estimate of drug-likeness (QED) is 0.799. The van der Waals surface area contributed by atoms with Crippen molar-refractivity contribution in [3.05, 3.63) is 58.3 Å². The first-order valence-electron chi connectivity index (χ1n) is 10.00. The highest BCUT2D eigenvalue weighted by atomic mass is 32.1. The maximum absolute atomic E-state index is 13.5. The minimum atomic E-state index is -0.104. The van der Waals surface area contributed by atoms with Gasteiger partial charge in [0.2, 0.25) is 5.91 Å². The number of hydrogen-bond acceptors (Lipinski definition) is 4. The van der Waals surface area contributed by atoms with Crippen LogP contribution in [-0.4, -0.2) is 66.3 Å². The van der Waals surface area contributed by atoms with Crippen LogP contribution in [0.3, 0.4) is 0 Å². The van der Waals surface area contributed by atoms with E-state index in [4.69, 9.17) is 0 Å². The van der Waals surface area contributed by atoms with E-state index in [9.17, 15) is 9.59 Å². The summed E-state index contributed by atoms with van der Waals surface area (Å²) in [6, 6.07) is 14.1. The fourth-order valence-corrected chi connectivity index (χ4v) is 4.99. The molecule has 2 aliphatic rings. The first-order chi connectivity index (χ1) is 13.6. The molecule has 2 saturated heterocycles. The molecular weight excluding hydrogens is 370 g/mol. The van der Waals surface area contributed by atoms with Gasteiger partial charge in [-0.05, 0) is 36.9 Å². The number of hydrogen-bond donors (Lipinski definition) is 0. The van der Waals surface area contributed by atoms with Crippen LogP contribution < -0.4 is 0 Å². The zero-order valence-electron chi connectivity index (χ0n) is 16.3. The number of piperidine rings is 1. The van der Waals surface area contributed by atoms with Crippen molar-refractivity contribution in [3.8, 4) is 0 Å². The fourth-order valence-electron chi connectivity index (χ4n) is 4.30. The lowest BCUT2D eigenvalue weighted by atomic mass is 9.93. The van der Waals surface area contributed by atoms with Crippen LogP contribution >= 0.6 is 11.3 Å². The molecule has 2 fully saturated rings. The number of carbonyl (C=O) groups is 2. The van der Waals surface area contributed by atoms with Gasteiger partial charge in [0.25, 0.3) is 5.91 Å². The number of likely N-dealkylation sites (N-methyl/N-ethyl adjacent to an activating group) is 1. The first-order valence-corrected chi connectivity index (χ1v) is 10.9. The highest BCUT2D eigenvalue weighted by Gasteiger charge is 2.36. The molecule has 1 aromatic carbocycles. The largest absolute Gasteiger partial charge is 0.337 e. The lowest BCUT2D eigenvalue weighted by molar-refractivity contribution is -0.142. The minimum absolute atomic E-state index is 0.0606. The van der Waals surface area contributed by atoms with Crippen molar-refractivity contribution in [2.45, 2.75) is 18.9 Å². The number of nitrogens with zero attached hydrogens (tertiary/aromatic N) is 3. The van der Waals surface area contributed by atoms with Gasteiger partial charge in [0.05, 0.1) is 16.8 Å². The summed E-state index contributed by atoms with van der Waals surface area (Å²) in [4.78, 5) is 33.2. The zero-order chi connectivity index (χ0) is 19.5. The summed E-state index contributed by atoms with van der Waals surface area (Å²) >= 11 is 1.47. The molecule has 0 unspecified atom stereocenters. The van der Waals surface area contributed by atoms with E-state index in [-0.39, 0.29) is 23.8 Å². The molecule has 0 radical (unpaired) electrons. The van der Waals surface area contributed by atoms with Crippen molar-refractivity contribution >= 4 is 23.2 Å². The topological polar surface area (TPSA) is 43.9 Å². The van der Waals surface area contributed by atoms with Gasteiger partial charge in [-0.15, -0.1) is 11.3 Å². The van der Waals surface area contributed by atoms with E-state index in [1.54, 1.807) is 0 Å². The smallest absolute Gasteiger partial charge is 0.263 e. The molecule has 4 rings (SSSR count). The normalized spacial score (nSPS) is 23.6. The average molecular weight is 398 g/mol. The van der Waals surface area contributed by atoms with Crippen LogP contribution in [0, 0.1) is 5.92 Å². The first kappa shape index (κ1) is 19.2. The second kappa shape index (κ2) is 8.45. The van der Waals surface area contributed by atoms with E-state index in [0.717, 1.165) is 43.9 Å². The molecule has 0 aliphatic carbocycles. The van der Waals surface area contributed by atoms with Crippen molar-refractivity contribution in [1.82, 2.24) is 14.7 Å². The lowest BCUT2D eigenvalue weighted by Gasteiger charge is -2.43. The van der Waals surface area contributed by atoms with Crippen LogP contribution in [0.4, 0.5) is 0 Å². The Bertz CT molecular complexity index is 808. The van der Waals surface area contributed by atoms with Crippen molar-refractivity contribution < 1.29 is 9.59 Å². The number of piperazine rings is 1. The van der Waals surface area contributed by atoms with Gasteiger partial charge in [-0.3, -0.25) is 9.59 Å². The van der Waals surface area contributed by atoms with Gasteiger partial charge in [-0.1, -0.05) is 36.4 Å². The number of rotatable bonds is 3. The molecule has 0 N–H and O–H groups in total. The van der Waals surface area contributed by atoms with Crippen molar-refractivity contribution in [1.29, 1.82) is 0 Å². The molecule has 2 amide bonds. The molecule has 28 heavy (non-hydrogen) atoms. The monoisotopic (exact) mass is 397 g/mol. The Morgan fingerprint density at radius 1 is 1.00 bits per heavy atom. The molecule has 0 saturated carbocycles. The third-order valence-corrected chi connectivity index (χ3v) is 6.70. The van der Waals surface area contributed by atoms with E-state index in [1.807, 2.05) is 40.6 Å². The Morgan fingerprint density at radius 3 is 2.57 bits per heavy atom. The van der Waals surface area contributed by atoms with E-state index in [2.05, 4.69) is 29.0 Å². The summed E-state index contributed by atoms with van der Waals surface area (Å²) in [5, 5.41) is 1.93. The Kier molecular flexibility index (Phi) is 5.78. The Balaban J connectivity index is 1.49. The van der Waals surface area contributed by atoms with E-state index < -0.39 is 0 Å². The Morgan fingerprint density at radius 2 is 1.82 bits per heavy atom. The van der Waals surface area contributed by atoms with Gasteiger partial charge >= 0.3 is 0 Å². The van der Waals surface area contributed by atoms with Crippen molar-refractivity contribution in [3.63, 3.8) is 0 Å². The van der Waals surface area contributed by atoms with Gasteiger partial charge in [-0.25, -0.2) is 0 Å². The zero-order valence-corrected chi connectivity index (χ0v) is 17.1. The molecule has 2 aliphatic heterocycles. The van der Waals surface area contributed by atoms with E-state index in [0.29, 0.717) is 6.54 Å². The van der Waals surface area contributed by atoms with Crippen LogP contribution in [0.1, 0.15) is 34.1 Å². The summed E-state index contributed by atoms with van der Waals surface area (Å²) in [6.07, 6.45) is 1.75. The highest BCUT2D eigenvalue weighted by molar-refractivity contribution is 7.12. The molecule has 3 heterocycles. The van der Waals surface area contributed by atoms with Gasteiger partial charge in [0.15, 0.2) is 0 Å². The molecule has 5 nitrogen and oxygen atoms in total. The summed E-state index contributed by atoms with van der Waals surface area (Å²) < 4.78 is 0. The minimum Gasteiger partial charge on any atom is -0.337 e. The molecule has 6 heteroatoms. The van der Waals surface area contributed by atoms with Crippen LogP contribution in [-0.2, 0) is 4.79 Å². The van der Waals surface area contributed by atoms with E-state index in [1.165, 1.54) is 16.9 Å². The Hall–Kier alpha value is -2.18. The molecule has 0 spiro atoms. The van der Waals surface area contributed by atoms with Crippen LogP contribution in [0.25, 0.3) is 0 Å². The fraction of sp³-hybridized carbons (Fsp3) is 0.455.